The van der Waals surface area contributed by atoms with Crippen LogP contribution < -0.4 is 0 Å². The minimum Gasteiger partial charge on any atom is -0.254 e. The highest BCUT2D eigenvalue weighted by Gasteiger charge is 2.09. The number of para-hydroxylation sites is 2. The van der Waals surface area contributed by atoms with E-state index in [2.05, 4.69) is 67.2 Å². The van der Waals surface area contributed by atoms with Gasteiger partial charge in [-0.2, -0.15) is 0 Å². The Morgan fingerprint density at radius 3 is 1.69 bits per heavy atom. The minimum absolute atomic E-state index is 0.834. The van der Waals surface area contributed by atoms with Gasteiger partial charge in [0.25, 0.3) is 0 Å². The lowest BCUT2D eigenvalue weighted by molar-refractivity contribution is 1.47. The van der Waals surface area contributed by atoms with Crippen LogP contribution in [-0.4, -0.2) is 28.1 Å². The molecule has 0 fully saturated rings. The van der Waals surface area contributed by atoms with Gasteiger partial charge in [-0.1, -0.05) is 75.4 Å². The van der Waals surface area contributed by atoms with Crippen molar-refractivity contribution in [3.05, 3.63) is 59.7 Å². The molecular formula is C25H30N2Si2. The van der Waals surface area contributed by atoms with Crippen molar-refractivity contribution in [2.45, 2.75) is 46.2 Å². The molecule has 0 spiro atoms. The van der Waals surface area contributed by atoms with Crippen molar-refractivity contribution in [2.24, 2.45) is 9.98 Å². The average Bonchev–Trinajstić information content (AvgIpc) is 2.63. The van der Waals surface area contributed by atoms with Gasteiger partial charge in [0.1, 0.15) is 16.1 Å². The van der Waals surface area contributed by atoms with Gasteiger partial charge < -0.3 is 0 Å². The summed E-state index contributed by atoms with van der Waals surface area (Å²) in [6, 6.07) is 16.0. The Bertz CT molecular complexity index is 1040. The minimum atomic E-state index is -1.44. The third kappa shape index (κ3) is 8.48. The van der Waals surface area contributed by atoms with Crippen LogP contribution in [0.5, 0.6) is 0 Å². The number of rotatable bonds is 3. The van der Waals surface area contributed by atoms with Crippen molar-refractivity contribution in [2.75, 3.05) is 0 Å². The van der Waals surface area contributed by atoms with Crippen LogP contribution in [0.4, 0.5) is 11.4 Å². The molecule has 2 nitrogen and oxygen atoms in total. The summed E-state index contributed by atoms with van der Waals surface area (Å²) >= 11 is 0. The Balaban J connectivity index is 2.31. The second kappa shape index (κ2) is 9.70. The van der Waals surface area contributed by atoms with Crippen LogP contribution in [0, 0.1) is 22.9 Å². The predicted molar refractivity (Wildman–Crippen MR) is 134 cm³/mol. The Hall–Kier alpha value is -2.67. The van der Waals surface area contributed by atoms with Crippen LogP contribution in [-0.2, 0) is 0 Å². The number of nitrogens with zero attached hydrogens (tertiary/aromatic N) is 2. The Morgan fingerprint density at radius 2 is 1.17 bits per heavy atom. The van der Waals surface area contributed by atoms with Gasteiger partial charge in [-0.25, -0.2) is 0 Å². The maximum absolute atomic E-state index is 4.74. The molecule has 4 heteroatoms. The van der Waals surface area contributed by atoms with Crippen molar-refractivity contribution in [3.8, 4) is 22.9 Å². The highest BCUT2D eigenvalue weighted by molar-refractivity contribution is 6.84. The maximum atomic E-state index is 4.74. The summed E-state index contributed by atoms with van der Waals surface area (Å²) in [4.78, 5) is 9.39. The van der Waals surface area contributed by atoms with E-state index in [1.807, 2.05) is 55.5 Å². The molecular weight excluding hydrogens is 384 g/mol. The summed E-state index contributed by atoms with van der Waals surface area (Å²) < 4.78 is 0. The highest BCUT2D eigenvalue weighted by atomic mass is 28.3. The largest absolute Gasteiger partial charge is 0.254 e. The lowest BCUT2D eigenvalue weighted by atomic mass is 10.2. The van der Waals surface area contributed by atoms with Gasteiger partial charge in [-0.05, 0) is 31.2 Å². The van der Waals surface area contributed by atoms with E-state index in [9.17, 15) is 0 Å². The molecule has 0 bridgehead atoms. The summed E-state index contributed by atoms with van der Waals surface area (Å²) in [6.07, 6.45) is 1.80. The van der Waals surface area contributed by atoms with E-state index in [1.54, 1.807) is 6.21 Å². The first-order valence-electron chi connectivity index (χ1n) is 9.87. The normalized spacial score (nSPS) is 12.2. The number of aliphatic imine (C=N–C) groups is 2. The van der Waals surface area contributed by atoms with Gasteiger partial charge in [0.05, 0.1) is 17.1 Å². The smallest absolute Gasteiger partial charge is 0.129 e. The molecule has 29 heavy (non-hydrogen) atoms. The molecule has 0 heterocycles. The molecule has 0 saturated carbocycles. The first-order chi connectivity index (χ1) is 13.5. The molecule has 148 valence electrons. The molecule has 0 atom stereocenters. The lowest BCUT2D eigenvalue weighted by Gasteiger charge is -2.05. The summed E-state index contributed by atoms with van der Waals surface area (Å²) in [5, 5.41) is 0. The average molecular weight is 415 g/mol. The predicted octanol–water partition coefficient (Wildman–Crippen LogP) is 6.64. The van der Waals surface area contributed by atoms with Crippen LogP contribution in [0.1, 0.15) is 18.1 Å². The Kier molecular flexibility index (Phi) is 7.56. The van der Waals surface area contributed by atoms with Gasteiger partial charge in [-0.3, -0.25) is 9.98 Å². The van der Waals surface area contributed by atoms with Crippen molar-refractivity contribution >= 4 is 39.4 Å². The Morgan fingerprint density at radius 1 is 0.724 bits per heavy atom. The van der Waals surface area contributed by atoms with Gasteiger partial charge in [0, 0.05) is 17.3 Å². The van der Waals surface area contributed by atoms with E-state index in [0.29, 0.717) is 0 Å². The molecule has 0 aromatic heterocycles. The molecule has 0 N–H and O–H groups in total. The standard InChI is InChI=1S/C25H30N2Si2/c1-21(27-25-15-11-9-13-23(25)17-19-29(5,6)7)20-26-24-14-10-8-12-22(24)16-18-28(2,3)4/h8-15,20H,1-7H3. The second-order valence-electron chi connectivity index (χ2n) is 9.05. The van der Waals surface area contributed by atoms with Crippen LogP contribution in [0.3, 0.4) is 0 Å². The highest BCUT2D eigenvalue weighted by Crippen LogP contribution is 2.20. The van der Waals surface area contributed by atoms with Crippen LogP contribution >= 0.6 is 0 Å². The number of benzene rings is 2. The zero-order chi connectivity index (χ0) is 21.5. The van der Waals surface area contributed by atoms with Crippen molar-refractivity contribution in [1.29, 1.82) is 0 Å². The molecule has 0 saturated heterocycles. The van der Waals surface area contributed by atoms with Crippen LogP contribution in [0.15, 0.2) is 58.5 Å². The van der Waals surface area contributed by atoms with E-state index in [1.165, 1.54) is 0 Å². The molecule has 2 rings (SSSR count). The SMILES string of the molecule is CC(C=Nc1ccccc1C#C[Si](C)(C)C)=Nc1ccccc1C#C[Si](C)(C)C. The second-order valence-corrected chi connectivity index (χ2v) is 18.5. The monoisotopic (exact) mass is 414 g/mol. The topological polar surface area (TPSA) is 24.7 Å². The van der Waals surface area contributed by atoms with E-state index >= 15 is 0 Å². The van der Waals surface area contributed by atoms with Crippen LogP contribution in [0.2, 0.25) is 39.3 Å². The van der Waals surface area contributed by atoms with Crippen molar-refractivity contribution in [1.82, 2.24) is 0 Å². The molecule has 2 aromatic rings. The lowest BCUT2D eigenvalue weighted by Crippen LogP contribution is -2.16. The van der Waals surface area contributed by atoms with E-state index in [-0.39, 0.29) is 0 Å². The third-order valence-electron chi connectivity index (χ3n) is 3.64. The molecule has 0 radical (unpaired) electrons. The van der Waals surface area contributed by atoms with Crippen molar-refractivity contribution in [3.63, 3.8) is 0 Å². The zero-order valence-corrected chi connectivity index (χ0v) is 20.6. The van der Waals surface area contributed by atoms with Gasteiger partial charge in [-0.15, -0.1) is 11.1 Å². The van der Waals surface area contributed by atoms with E-state index < -0.39 is 16.1 Å². The number of hydrogen-bond donors (Lipinski definition) is 0. The fraction of sp³-hybridized carbons (Fsp3) is 0.280. The summed E-state index contributed by atoms with van der Waals surface area (Å²) in [5.41, 5.74) is 11.3. The molecule has 0 aliphatic heterocycles. The summed E-state index contributed by atoms with van der Waals surface area (Å²) in [6.45, 7) is 15.4. The summed E-state index contributed by atoms with van der Waals surface area (Å²) in [7, 11) is -2.87. The van der Waals surface area contributed by atoms with Crippen LogP contribution in [0.25, 0.3) is 0 Å². The molecule has 2 aromatic carbocycles. The van der Waals surface area contributed by atoms with Crippen molar-refractivity contribution < 1.29 is 0 Å². The third-order valence-corrected chi connectivity index (χ3v) is 5.39. The van der Waals surface area contributed by atoms with Gasteiger partial charge >= 0.3 is 0 Å². The number of hydrogen-bond acceptors (Lipinski definition) is 2. The van der Waals surface area contributed by atoms with E-state index in [0.717, 1.165) is 28.2 Å². The summed E-state index contributed by atoms with van der Waals surface area (Å²) in [5.74, 6) is 6.63. The van der Waals surface area contributed by atoms with E-state index in [4.69, 9.17) is 4.99 Å². The fourth-order valence-electron chi connectivity index (χ4n) is 2.26. The Labute approximate surface area is 178 Å². The first-order valence-corrected chi connectivity index (χ1v) is 16.9. The quantitative estimate of drug-likeness (QED) is 0.305. The zero-order valence-electron chi connectivity index (χ0n) is 18.6. The molecule has 0 aliphatic carbocycles. The molecule has 0 unspecified atom stereocenters. The molecule has 0 amide bonds. The first kappa shape index (κ1) is 22.6. The van der Waals surface area contributed by atoms with Gasteiger partial charge in [0.2, 0.25) is 0 Å². The maximum Gasteiger partial charge on any atom is 0.129 e. The fourth-order valence-corrected chi connectivity index (χ4v) is 3.28. The van der Waals surface area contributed by atoms with Gasteiger partial charge in [0.15, 0.2) is 0 Å². The molecule has 0 aliphatic rings.